The molecule has 8 heteroatoms. The molecule has 2 heterocycles. The number of hydrogen-bond acceptors (Lipinski definition) is 7. The topological polar surface area (TPSA) is 93.4 Å². The molecule has 0 aliphatic heterocycles. The van der Waals surface area contributed by atoms with Crippen LogP contribution >= 0.6 is 0 Å². The second-order valence-corrected chi connectivity index (χ2v) is 7.02. The Labute approximate surface area is 168 Å². The van der Waals surface area contributed by atoms with Crippen molar-refractivity contribution in [3.63, 3.8) is 0 Å². The molecule has 0 bridgehead atoms. The largest absolute Gasteiger partial charge is 0.351 e. The maximum atomic E-state index is 4.51. The molecule has 0 radical (unpaired) electrons. The summed E-state index contributed by atoms with van der Waals surface area (Å²) in [5, 5.41) is 14.9. The van der Waals surface area contributed by atoms with E-state index in [9.17, 15) is 0 Å². The van der Waals surface area contributed by atoms with Crippen molar-refractivity contribution in [1.82, 2.24) is 29.9 Å². The third-order valence-electron chi connectivity index (χ3n) is 4.88. The molecular formula is C21H20N8. The average Bonchev–Trinajstić information content (AvgIpc) is 3.32. The summed E-state index contributed by atoms with van der Waals surface area (Å²) in [6, 6.07) is 18.9. The predicted molar refractivity (Wildman–Crippen MR) is 110 cm³/mol. The second kappa shape index (κ2) is 7.67. The van der Waals surface area contributed by atoms with Crippen molar-refractivity contribution in [2.24, 2.45) is 0 Å². The molecule has 0 saturated heterocycles. The van der Waals surface area contributed by atoms with Gasteiger partial charge in [0.15, 0.2) is 0 Å². The lowest BCUT2D eigenvalue weighted by Crippen LogP contribution is -2.09. The van der Waals surface area contributed by atoms with Crippen LogP contribution in [0.25, 0.3) is 0 Å². The van der Waals surface area contributed by atoms with Gasteiger partial charge in [-0.05, 0) is 29.7 Å². The highest BCUT2D eigenvalue weighted by Crippen LogP contribution is 2.42. The predicted octanol–water partition coefficient (Wildman–Crippen LogP) is 3.22. The van der Waals surface area contributed by atoms with Crippen molar-refractivity contribution in [2.45, 2.75) is 24.9 Å². The van der Waals surface area contributed by atoms with Crippen molar-refractivity contribution < 1.29 is 0 Å². The minimum Gasteiger partial charge on any atom is -0.351 e. The van der Waals surface area contributed by atoms with Crippen LogP contribution in [0.3, 0.4) is 0 Å². The van der Waals surface area contributed by atoms with Crippen molar-refractivity contribution in [2.75, 3.05) is 10.6 Å². The van der Waals surface area contributed by atoms with Gasteiger partial charge in [0.1, 0.15) is 6.33 Å². The van der Waals surface area contributed by atoms with Gasteiger partial charge in [0.2, 0.25) is 11.9 Å². The minimum absolute atomic E-state index is 0.359. The Hall–Kier alpha value is -3.81. The molecule has 5 rings (SSSR count). The van der Waals surface area contributed by atoms with E-state index < -0.39 is 0 Å². The summed E-state index contributed by atoms with van der Waals surface area (Å²) < 4.78 is 0. The summed E-state index contributed by atoms with van der Waals surface area (Å²) in [6.45, 7) is 0.606. The quantitative estimate of drug-likeness (QED) is 0.505. The molecular weight excluding hydrogens is 364 g/mol. The van der Waals surface area contributed by atoms with E-state index in [1.54, 1.807) is 17.2 Å². The van der Waals surface area contributed by atoms with E-state index in [1.165, 1.54) is 11.9 Å². The molecule has 29 heavy (non-hydrogen) atoms. The lowest BCUT2D eigenvalue weighted by molar-refractivity contribution is 0.591. The van der Waals surface area contributed by atoms with Gasteiger partial charge in [0.05, 0.1) is 18.9 Å². The smallest absolute Gasteiger partial charge is 0.231 e. The van der Waals surface area contributed by atoms with E-state index in [-0.39, 0.29) is 0 Å². The maximum absolute atomic E-state index is 4.51. The molecule has 2 N–H and O–H groups in total. The Morgan fingerprint density at radius 2 is 1.76 bits per heavy atom. The van der Waals surface area contributed by atoms with Crippen LogP contribution in [0.1, 0.15) is 23.5 Å². The zero-order valence-electron chi connectivity index (χ0n) is 15.7. The molecule has 0 spiro atoms. The second-order valence-electron chi connectivity index (χ2n) is 7.02. The van der Waals surface area contributed by atoms with Gasteiger partial charge in [-0.15, -0.1) is 0 Å². The zero-order chi connectivity index (χ0) is 19.5. The fourth-order valence-electron chi connectivity index (χ4n) is 3.38. The Morgan fingerprint density at radius 1 is 0.931 bits per heavy atom. The van der Waals surface area contributed by atoms with Crippen LogP contribution in [0.5, 0.6) is 0 Å². The highest BCUT2D eigenvalue weighted by atomic mass is 15.5. The standard InChI is InChI=1S/C21H20N8/c1-2-6-16(7-3-1)18-12-19(18)27-21-23-14-22-20(28-21)26-17-8-4-5-15(11-17)13-29-24-9-10-25-29/h1-11,14,18-19H,12-13H2,(H2,22,23,26,27,28). The molecule has 1 aliphatic carbocycles. The highest BCUT2D eigenvalue weighted by molar-refractivity contribution is 5.55. The van der Waals surface area contributed by atoms with Gasteiger partial charge in [-0.3, -0.25) is 0 Å². The Bertz CT molecular complexity index is 1080. The molecule has 1 saturated carbocycles. The van der Waals surface area contributed by atoms with Crippen LogP contribution in [0, 0.1) is 0 Å². The summed E-state index contributed by atoms with van der Waals surface area (Å²) in [5.74, 6) is 1.61. The molecule has 2 atom stereocenters. The van der Waals surface area contributed by atoms with Crippen molar-refractivity contribution in [1.29, 1.82) is 0 Å². The number of benzene rings is 2. The lowest BCUT2D eigenvalue weighted by atomic mass is 10.1. The Kier molecular flexibility index (Phi) is 4.57. The van der Waals surface area contributed by atoms with E-state index in [2.05, 4.69) is 60.0 Å². The molecule has 4 aromatic rings. The zero-order valence-corrected chi connectivity index (χ0v) is 15.7. The maximum Gasteiger partial charge on any atom is 0.231 e. The molecule has 8 nitrogen and oxygen atoms in total. The molecule has 1 fully saturated rings. The molecule has 2 unspecified atom stereocenters. The van der Waals surface area contributed by atoms with E-state index in [4.69, 9.17) is 0 Å². The Balaban J connectivity index is 1.24. The first-order chi connectivity index (χ1) is 14.3. The van der Waals surface area contributed by atoms with E-state index in [1.807, 2.05) is 30.3 Å². The van der Waals surface area contributed by atoms with E-state index in [0.29, 0.717) is 30.4 Å². The summed E-state index contributed by atoms with van der Waals surface area (Å²) in [4.78, 5) is 14.7. The molecule has 2 aromatic carbocycles. The van der Waals surface area contributed by atoms with Gasteiger partial charge in [-0.1, -0.05) is 42.5 Å². The SMILES string of the molecule is c1ccc(C2CC2Nc2ncnc(Nc3cccc(Cn4nccn4)c3)n2)cc1. The first-order valence-corrected chi connectivity index (χ1v) is 9.54. The van der Waals surface area contributed by atoms with Crippen molar-refractivity contribution >= 4 is 17.6 Å². The number of aromatic nitrogens is 6. The normalized spacial score (nSPS) is 17.7. The van der Waals surface area contributed by atoms with Crippen LogP contribution in [-0.2, 0) is 6.54 Å². The summed E-state index contributed by atoms with van der Waals surface area (Å²) in [7, 11) is 0. The van der Waals surface area contributed by atoms with Gasteiger partial charge in [-0.2, -0.15) is 20.0 Å². The number of hydrogen-bond donors (Lipinski definition) is 2. The monoisotopic (exact) mass is 384 g/mol. The van der Waals surface area contributed by atoms with Gasteiger partial charge in [0.25, 0.3) is 0 Å². The van der Waals surface area contributed by atoms with Crippen molar-refractivity contribution in [3.8, 4) is 0 Å². The lowest BCUT2D eigenvalue weighted by Gasteiger charge is -2.09. The van der Waals surface area contributed by atoms with Gasteiger partial charge < -0.3 is 10.6 Å². The summed E-state index contributed by atoms with van der Waals surface area (Å²) >= 11 is 0. The van der Waals surface area contributed by atoms with Crippen LogP contribution < -0.4 is 10.6 Å². The fourth-order valence-corrected chi connectivity index (χ4v) is 3.38. The van der Waals surface area contributed by atoms with Gasteiger partial charge in [-0.25, -0.2) is 9.97 Å². The molecule has 2 aromatic heterocycles. The number of rotatable bonds is 7. The third kappa shape index (κ3) is 4.21. The number of anilines is 3. The van der Waals surface area contributed by atoms with Crippen LogP contribution in [-0.4, -0.2) is 36.0 Å². The molecule has 1 aliphatic rings. The molecule has 144 valence electrons. The average molecular weight is 384 g/mol. The molecule has 0 amide bonds. The summed E-state index contributed by atoms with van der Waals surface area (Å²) in [5.41, 5.74) is 3.34. The van der Waals surface area contributed by atoms with Crippen LogP contribution in [0.4, 0.5) is 17.6 Å². The minimum atomic E-state index is 0.359. The van der Waals surface area contributed by atoms with E-state index >= 15 is 0 Å². The number of nitrogens with zero attached hydrogens (tertiary/aromatic N) is 6. The van der Waals surface area contributed by atoms with Crippen molar-refractivity contribution in [3.05, 3.63) is 84.4 Å². The van der Waals surface area contributed by atoms with Gasteiger partial charge in [0, 0.05) is 17.6 Å². The first kappa shape index (κ1) is 17.3. The fraction of sp³-hybridized carbons (Fsp3) is 0.190. The highest BCUT2D eigenvalue weighted by Gasteiger charge is 2.38. The Morgan fingerprint density at radius 3 is 2.62 bits per heavy atom. The van der Waals surface area contributed by atoms with Crippen LogP contribution in [0.15, 0.2) is 73.3 Å². The van der Waals surface area contributed by atoms with E-state index in [0.717, 1.165) is 17.7 Å². The third-order valence-corrected chi connectivity index (χ3v) is 4.88. The number of nitrogens with one attached hydrogen (secondary N) is 2. The van der Waals surface area contributed by atoms with Crippen LogP contribution in [0.2, 0.25) is 0 Å². The summed E-state index contributed by atoms with van der Waals surface area (Å²) in [6.07, 6.45) is 5.95. The first-order valence-electron chi connectivity index (χ1n) is 9.54. The van der Waals surface area contributed by atoms with Gasteiger partial charge >= 0.3 is 0 Å².